The molecule has 3 N–H and O–H groups in total. The van der Waals surface area contributed by atoms with E-state index in [9.17, 15) is 0 Å². The minimum atomic E-state index is 0.477. The second-order valence-electron chi connectivity index (χ2n) is 6.86. The number of fused-ring (bicyclic) bond motifs is 1. The first-order chi connectivity index (χ1) is 11.5. The van der Waals surface area contributed by atoms with Gasteiger partial charge in [0.05, 0.1) is 5.39 Å². The van der Waals surface area contributed by atoms with Gasteiger partial charge in [-0.3, -0.25) is 4.90 Å². The molecule has 130 valence electrons. The van der Waals surface area contributed by atoms with Crippen LogP contribution in [0, 0.1) is 5.92 Å². The normalized spacial score (nSPS) is 18.2. The number of likely N-dealkylation sites (N-methyl/N-ethyl adjacent to an activating group) is 1. The zero-order valence-electron chi connectivity index (χ0n) is 14.7. The fourth-order valence-electron chi connectivity index (χ4n) is 3.24. The number of rotatable bonds is 5. The Balaban J connectivity index is 1.73. The highest BCUT2D eigenvalue weighted by Gasteiger charge is 2.25. The summed E-state index contributed by atoms with van der Waals surface area (Å²) >= 11 is 0. The first-order valence-electron chi connectivity index (χ1n) is 8.58. The van der Waals surface area contributed by atoms with Crippen molar-refractivity contribution < 1.29 is 0 Å². The molecule has 7 nitrogen and oxygen atoms in total. The summed E-state index contributed by atoms with van der Waals surface area (Å²) in [6, 6.07) is 4.20. The summed E-state index contributed by atoms with van der Waals surface area (Å²) in [6.45, 7) is 9.91. The number of aromatic nitrogens is 3. The first-order valence-corrected chi connectivity index (χ1v) is 8.58. The zero-order chi connectivity index (χ0) is 17.1. The summed E-state index contributed by atoms with van der Waals surface area (Å²) in [5.41, 5.74) is 6.37. The number of nitrogen functional groups attached to an aromatic ring is 1. The van der Waals surface area contributed by atoms with Crippen LogP contribution in [0.1, 0.15) is 13.8 Å². The maximum atomic E-state index is 5.74. The molecule has 2 aromatic rings. The lowest BCUT2D eigenvalue weighted by Crippen LogP contribution is -2.52. The van der Waals surface area contributed by atoms with Gasteiger partial charge in [-0.05, 0) is 25.1 Å². The smallest absolute Gasteiger partial charge is 0.166 e. The summed E-state index contributed by atoms with van der Waals surface area (Å²) in [5, 5.41) is 4.42. The number of hydrogen-bond acceptors (Lipinski definition) is 7. The molecule has 0 saturated carbocycles. The molecule has 1 aliphatic heterocycles. The number of hydrogen-bond donors (Lipinski definition) is 2. The number of nitrogens with one attached hydrogen (secondary N) is 1. The van der Waals surface area contributed by atoms with E-state index in [-0.39, 0.29) is 0 Å². The van der Waals surface area contributed by atoms with Gasteiger partial charge in [-0.25, -0.2) is 15.0 Å². The lowest BCUT2D eigenvalue weighted by molar-refractivity contribution is 0.0944. The molecule has 1 aliphatic rings. The van der Waals surface area contributed by atoms with Crippen molar-refractivity contribution in [2.24, 2.45) is 5.92 Å². The highest BCUT2D eigenvalue weighted by Crippen LogP contribution is 2.20. The van der Waals surface area contributed by atoms with Crippen molar-refractivity contribution in [3.63, 3.8) is 0 Å². The SMILES string of the molecule is CC(C)C(CNc1ncnc2nc(N)ccc12)N1CCN(C)CC1. The molecule has 1 atom stereocenters. The third kappa shape index (κ3) is 3.73. The minimum absolute atomic E-state index is 0.477. The van der Waals surface area contributed by atoms with Gasteiger partial charge in [0.1, 0.15) is 18.0 Å². The predicted molar refractivity (Wildman–Crippen MR) is 97.9 cm³/mol. The van der Waals surface area contributed by atoms with Crippen molar-refractivity contribution in [3.05, 3.63) is 18.5 Å². The molecular formula is C17H27N7. The van der Waals surface area contributed by atoms with Gasteiger partial charge in [0.25, 0.3) is 0 Å². The molecule has 1 fully saturated rings. The van der Waals surface area contributed by atoms with Gasteiger partial charge in [0.2, 0.25) is 0 Å². The molecule has 2 aromatic heterocycles. The van der Waals surface area contributed by atoms with E-state index in [2.05, 4.69) is 51.0 Å². The van der Waals surface area contributed by atoms with Crippen LogP contribution in [0.3, 0.4) is 0 Å². The van der Waals surface area contributed by atoms with Crippen molar-refractivity contribution in [2.75, 3.05) is 50.8 Å². The highest BCUT2D eigenvalue weighted by atomic mass is 15.3. The van der Waals surface area contributed by atoms with Gasteiger partial charge >= 0.3 is 0 Å². The largest absolute Gasteiger partial charge is 0.384 e. The molecule has 3 heterocycles. The Kier molecular flexibility index (Phi) is 5.11. The van der Waals surface area contributed by atoms with E-state index < -0.39 is 0 Å². The van der Waals surface area contributed by atoms with Gasteiger partial charge in [-0.1, -0.05) is 13.8 Å². The Bertz CT molecular complexity index is 680. The Morgan fingerprint density at radius 2 is 1.92 bits per heavy atom. The van der Waals surface area contributed by atoms with E-state index in [1.807, 2.05) is 6.07 Å². The van der Waals surface area contributed by atoms with Gasteiger partial charge < -0.3 is 16.0 Å². The van der Waals surface area contributed by atoms with Crippen LogP contribution in [-0.2, 0) is 0 Å². The van der Waals surface area contributed by atoms with Gasteiger partial charge in [0.15, 0.2) is 5.65 Å². The first kappa shape index (κ1) is 16.9. The molecule has 1 saturated heterocycles. The van der Waals surface area contributed by atoms with E-state index in [0.717, 1.165) is 43.9 Å². The maximum absolute atomic E-state index is 5.74. The van der Waals surface area contributed by atoms with E-state index in [0.29, 0.717) is 23.4 Å². The number of nitrogens with zero attached hydrogens (tertiary/aromatic N) is 5. The van der Waals surface area contributed by atoms with Crippen LogP contribution in [0.2, 0.25) is 0 Å². The van der Waals surface area contributed by atoms with Gasteiger partial charge in [-0.2, -0.15) is 0 Å². The molecule has 7 heteroatoms. The average molecular weight is 329 g/mol. The molecule has 3 rings (SSSR count). The molecule has 24 heavy (non-hydrogen) atoms. The summed E-state index contributed by atoms with van der Waals surface area (Å²) in [6.07, 6.45) is 1.54. The summed E-state index contributed by atoms with van der Waals surface area (Å²) in [5.74, 6) is 1.87. The Labute approximate surface area is 143 Å². The molecular weight excluding hydrogens is 302 g/mol. The zero-order valence-corrected chi connectivity index (χ0v) is 14.7. The quantitative estimate of drug-likeness (QED) is 0.855. The fraction of sp³-hybridized carbons (Fsp3) is 0.588. The lowest BCUT2D eigenvalue weighted by atomic mass is 10.0. The number of pyridine rings is 1. The van der Waals surface area contributed by atoms with Crippen LogP contribution >= 0.6 is 0 Å². The van der Waals surface area contributed by atoms with Crippen LogP contribution in [0.4, 0.5) is 11.6 Å². The lowest BCUT2D eigenvalue weighted by Gasteiger charge is -2.40. The Morgan fingerprint density at radius 3 is 2.62 bits per heavy atom. The average Bonchev–Trinajstić information content (AvgIpc) is 2.56. The van der Waals surface area contributed by atoms with Crippen molar-refractivity contribution in [2.45, 2.75) is 19.9 Å². The number of anilines is 2. The van der Waals surface area contributed by atoms with Crippen LogP contribution in [0.15, 0.2) is 18.5 Å². The number of piperazine rings is 1. The van der Waals surface area contributed by atoms with Crippen LogP contribution in [-0.4, -0.2) is 70.6 Å². The topological polar surface area (TPSA) is 83.2 Å². The maximum Gasteiger partial charge on any atom is 0.166 e. The van der Waals surface area contributed by atoms with Crippen LogP contribution < -0.4 is 11.1 Å². The molecule has 0 amide bonds. The van der Waals surface area contributed by atoms with Crippen molar-refractivity contribution >= 4 is 22.7 Å². The Morgan fingerprint density at radius 1 is 1.17 bits per heavy atom. The molecule has 0 aromatic carbocycles. The standard InChI is InChI=1S/C17H27N7/c1-12(2)14(24-8-6-23(3)7-9-24)10-19-16-13-4-5-15(18)22-17(13)21-11-20-16/h4-5,11-12,14H,6-10H2,1-3H3,(H3,18,19,20,21,22). The van der Waals surface area contributed by atoms with E-state index in [1.54, 1.807) is 6.07 Å². The van der Waals surface area contributed by atoms with Gasteiger partial charge in [-0.15, -0.1) is 0 Å². The molecule has 0 aliphatic carbocycles. The van der Waals surface area contributed by atoms with Crippen molar-refractivity contribution in [1.29, 1.82) is 0 Å². The van der Waals surface area contributed by atoms with Crippen LogP contribution in [0.25, 0.3) is 11.0 Å². The van der Waals surface area contributed by atoms with E-state index >= 15 is 0 Å². The molecule has 0 spiro atoms. The minimum Gasteiger partial charge on any atom is -0.384 e. The summed E-state index contributed by atoms with van der Waals surface area (Å²) < 4.78 is 0. The highest BCUT2D eigenvalue weighted by molar-refractivity contribution is 5.87. The summed E-state index contributed by atoms with van der Waals surface area (Å²) in [4.78, 5) is 17.8. The Hall–Kier alpha value is -1.99. The van der Waals surface area contributed by atoms with Crippen molar-refractivity contribution in [1.82, 2.24) is 24.8 Å². The van der Waals surface area contributed by atoms with E-state index in [1.165, 1.54) is 6.33 Å². The van der Waals surface area contributed by atoms with E-state index in [4.69, 9.17) is 5.73 Å². The van der Waals surface area contributed by atoms with Crippen LogP contribution in [0.5, 0.6) is 0 Å². The van der Waals surface area contributed by atoms with Crippen molar-refractivity contribution in [3.8, 4) is 0 Å². The third-order valence-electron chi connectivity index (χ3n) is 4.77. The number of nitrogens with two attached hydrogens (primary N) is 1. The monoisotopic (exact) mass is 329 g/mol. The second-order valence-corrected chi connectivity index (χ2v) is 6.86. The summed E-state index contributed by atoms with van der Waals surface area (Å²) in [7, 11) is 2.19. The molecule has 0 radical (unpaired) electrons. The molecule has 1 unspecified atom stereocenters. The third-order valence-corrected chi connectivity index (χ3v) is 4.77. The second kappa shape index (κ2) is 7.27. The van der Waals surface area contributed by atoms with Gasteiger partial charge in [0, 0.05) is 38.8 Å². The fourth-order valence-corrected chi connectivity index (χ4v) is 3.24. The predicted octanol–water partition coefficient (Wildman–Crippen LogP) is 1.29. The molecule has 0 bridgehead atoms.